The topological polar surface area (TPSA) is 70.6 Å². The lowest BCUT2D eigenvalue weighted by Gasteiger charge is -2.07. The number of nitrogens with one attached hydrogen (secondary N) is 2. The van der Waals surface area contributed by atoms with Crippen LogP contribution >= 0.6 is 45.9 Å². The summed E-state index contributed by atoms with van der Waals surface area (Å²) in [6, 6.07) is 20.4. The number of anilines is 1. The van der Waals surface area contributed by atoms with E-state index in [4.69, 9.17) is 23.2 Å². The van der Waals surface area contributed by atoms with Gasteiger partial charge in [0.15, 0.2) is 0 Å². The smallest absolute Gasteiger partial charge is 0.283 e. The molecule has 9 heteroatoms. The normalized spacial score (nSPS) is 11.7. The molecule has 5 rings (SSSR count). The minimum atomic E-state index is -0.390. The van der Waals surface area contributed by atoms with Gasteiger partial charge >= 0.3 is 0 Å². The molecule has 0 spiro atoms. The first-order valence-corrected chi connectivity index (χ1v) is 13.0. The number of hydrazone groups is 1. The minimum absolute atomic E-state index is 0.158. The summed E-state index contributed by atoms with van der Waals surface area (Å²) in [6.45, 7) is 1.79. The maximum atomic E-state index is 12.7. The van der Waals surface area contributed by atoms with Crippen LogP contribution in [0.5, 0.6) is 0 Å². The second-order valence-corrected chi connectivity index (χ2v) is 10.5. The predicted molar refractivity (Wildman–Crippen MR) is 148 cm³/mol. The van der Waals surface area contributed by atoms with Gasteiger partial charge in [0.25, 0.3) is 11.8 Å². The maximum Gasteiger partial charge on any atom is 0.283 e. The van der Waals surface area contributed by atoms with Crippen LogP contribution in [0.25, 0.3) is 20.2 Å². The zero-order chi connectivity index (χ0) is 24.5. The van der Waals surface area contributed by atoms with Crippen LogP contribution in [0, 0.1) is 0 Å². The molecule has 2 N–H and O–H groups in total. The van der Waals surface area contributed by atoms with E-state index in [1.54, 1.807) is 48.6 Å². The van der Waals surface area contributed by atoms with Crippen LogP contribution in [0.3, 0.4) is 0 Å². The van der Waals surface area contributed by atoms with Gasteiger partial charge in [-0.1, -0.05) is 59.6 Å². The molecule has 35 heavy (non-hydrogen) atoms. The average molecular weight is 538 g/mol. The molecule has 0 radical (unpaired) electrons. The van der Waals surface area contributed by atoms with Crippen molar-refractivity contribution < 1.29 is 9.59 Å². The van der Waals surface area contributed by atoms with Crippen molar-refractivity contribution in [3.63, 3.8) is 0 Å². The average Bonchev–Trinajstić information content (AvgIpc) is 3.44. The molecular weight excluding hydrogens is 521 g/mol. The largest absolute Gasteiger partial charge is 0.322 e. The van der Waals surface area contributed by atoms with Crippen LogP contribution in [-0.4, -0.2) is 17.5 Å². The van der Waals surface area contributed by atoms with E-state index in [-0.39, 0.29) is 5.91 Å². The number of nitrogens with zero attached hydrogens (tertiary/aromatic N) is 1. The Bertz CT molecular complexity index is 1620. The van der Waals surface area contributed by atoms with Gasteiger partial charge in [0.05, 0.1) is 16.3 Å². The first-order valence-electron chi connectivity index (χ1n) is 10.5. The van der Waals surface area contributed by atoms with Gasteiger partial charge in [0.1, 0.15) is 4.88 Å². The number of thiophene rings is 2. The highest BCUT2D eigenvalue weighted by Crippen LogP contribution is 2.36. The molecule has 0 aliphatic carbocycles. The maximum absolute atomic E-state index is 12.7. The van der Waals surface area contributed by atoms with Gasteiger partial charge in [-0.25, -0.2) is 5.43 Å². The quantitative estimate of drug-likeness (QED) is 0.177. The van der Waals surface area contributed by atoms with Gasteiger partial charge in [-0.3, -0.25) is 9.59 Å². The first kappa shape index (κ1) is 23.5. The molecule has 0 aliphatic heterocycles. The number of amides is 2. The Morgan fingerprint density at radius 1 is 0.886 bits per heavy atom. The number of carbonyl (C=O) groups excluding carboxylic acids is 2. The van der Waals surface area contributed by atoms with E-state index < -0.39 is 5.91 Å². The van der Waals surface area contributed by atoms with E-state index in [0.717, 1.165) is 25.7 Å². The summed E-state index contributed by atoms with van der Waals surface area (Å²) in [5.41, 5.74) is 5.30. The molecule has 0 bridgehead atoms. The highest BCUT2D eigenvalue weighted by molar-refractivity contribution is 7.21. The Balaban J connectivity index is 1.27. The fourth-order valence-electron chi connectivity index (χ4n) is 3.58. The van der Waals surface area contributed by atoms with Crippen molar-refractivity contribution in [1.29, 1.82) is 0 Å². The van der Waals surface area contributed by atoms with Crippen LogP contribution in [0.15, 0.2) is 77.2 Å². The lowest BCUT2D eigenvalue weighted by Crippen LogP contribution is -2.18. The fourth-order valence-corrected chi connectivity index (χ4v) is 6.21. The molecule has 0 aliphatic rings. The number of benzene rings is 3. The molecule has 0 unspecified atom stereocenters. The first-order chi connectivity index (χ1) is 16.9. The van der Waals surface area contributed by atoms with Crippen molar-refractivity contribution >= 4 is 89.3 Å². The summed E-state index contributed by atoms with van der Waals surface area (Å²) >= 11 is 15.2. The second kappa shape index (κ2) is 9.79. The second-order valence-electron chi connectivity index (χ2n) is 7.70. The SMILES string of the molecule is C/C(=N\NC(=O)c1sc2cc(Cl)ccc2c1Cl)c1ccc(NC(=O)c2csc3ccccc23)cc1. The lowest BCUT2D eigenvalue weighted by atomic mass is 10.1. The van der Waals surface area contributed by atoms with Crippen molar-refractivity contribution in [3.8, 4) is 0 Å². The van der Waals surface area contributed by atoms with E-state index in [1.165, 1.54) is 11.3 Å². The summed E-state index contributed by atoms with van der Waals surface area (Å²) in [5.74, 6) is -0.548. The molecule has 0 saturated heterocycles. The molecule has 2 amide bonds. The van der Waals surface area contributed by atoms with E-state index in [2.05, 4.69) is 15.8 Å². The van der Waals surface area contributed by atoms with Gasteiger partial charge in [0, 0.05) is 36.3 Å². The van der Waals surface area contributed by atoms with Crippen molar-refractivity contribution in [1.82, 2.24) is 5.43 Å². The monoisotopic (exact) mass is 537 g/mol. The van der Waals surface area contributed by atoms with Gasteiger partial charge < -0.3 is 5.32 Å². The van der Waals surface area contributed by atoms with E-state index >= 15 is 0 Å². The summed E-state index contributed by atoms with van der Waals surface area (Å²) in [5, 5.41) is 11.7. The standard InChI is InChI=1S/C26H17Cl2N3O2S2/c1-14(30-31-26(33)24-23(28)19-11-8-16(27)12-22(19)35-24)15-6-9-17(10-7-15)29-25(32)20-13-34-21-5-3-2-4-18(20)21/h2-13H,1H3,(H,29,32)(H,31,33)/b30-14+. The third kappa shape index (κ3) is 4.81. The van der Waals surface area contributed by atoms with Gasteiger partial charge in [-0.15, -0.1) is 22.7 Å². The minimum Gasteiger partial charge on any atom is -0.322 e. The van der Waals surface area contributed by atoms with Crippen molar-refractivity contribution in [3.05, 3.63) is 98.2 Å². The Kier molecular flexibility index (Phi) is 6.58. The molecule has 0 saturated carbocycles. The summed E-state index contributed by atoms with van der Waals surface area (Å²) < 4.78 is 1.91. The number of carbonyl (C=O) groups is 2. The van der Waals surface area contributed by atoms with Crippen LogP contribution in [0.1, 0.15) is 32.5 Å². The number of hydrogen-bond acceptors (Lipinski definition) is 5. The third-order valence-corrected chi connectivity index (χ3v) is 8.26. The Hall–Kier alpha value is -3.23. The van der Waals surface area contributed by atoms with Crippen molar-refractivity contribution in [2.45, 2.75) is 6.92 Å². The molecule has 3 aromatic carbocycles. The highest BCUT2D eigenvalue weighted by atomic mass is 35.5. The highest BCUT2D eigenvalue weighted by Gasteiger charge is 2.17. The predicted octanol–water partition coefficient (Wildman–Crippen LogP) is 7.83. The summed E-state index contributed by atoms with van der Waals surface area (Å²) in [6.07, 6.45) is 0. The van der Waals surface area contributed by atoms with Crippen LogP contribution in [0.4, 0.5) is 5.69 Å². The van der Waals surface area contributed by atoms with Crippen molar-refractivity contribution in [2.24, 2.45) is 5.10 Å². The number of hydrogen-bond donors (Lipinski definition) is 2. The van der Waals surface area contributed by atoms with Crippen LogP contribution < -0.4 is 10.7 Å². The number of halogens is 2. The molecule has 2 heterocycles. The van der Waals surface area contributed by atoms with E-state index in [0.29, 0.717) is 31.9 Å². The number of rotatable bonds is 5. The zero-order valence-electron chi connectivity index (χ0n) is 18.3. The Labute approximate surface area is 219 Å². The summed E-state index contributed by atoms with van der Waals surface area (Å²) in [4.78, 5) is 25.8. The van der Waals surface area contributed by atoms with Crippen LogP contribution in [-0.2, 0) is 0 Å². The van der Waals surface area contributed by atoms with Gasteiger partial charge in [0.2, 0.25) is 0 Å². The molecule has 174 valence electrons. The third-order valence-electron chi connectivity index (χ3n) is 5.41. The molecule has 2 aromatic heterocycles. The van der Waals surface area contributed by atoms with Gasteiger partial charge in [-0.2, -0.15) is 5.10 Å². The Morgan fingerprint density at radius 3 is 2.46 bits per heavy atom. The fraction of sp³-hybridized carbons (Fsp3) is 0.0385. The van der Waals surface area contributed by atoms with Gasteiger partial charge in [-0.05, 0) is 42.8 Å². The number of fused-ring (bicyclic) bond motifs is 2. The lowest BCUT2D eigenvalue weighted by molar-refractivity contribution is 0.0958. The van der Waals surface area contributed by atoms with E-state index in [1.807, 2.05) is 41.8 Å². The summed E-state index contributed by atoms with van der Waals surface area (Å²) in [7, 11) is 0. The molecule has 5 aromatic rings. The molecular formula is C26H17Cl2N3O2S2. The van der Waals surface area contributed by atoms with E-state index in [9.17, 15) is 9.59 Å². The Morgan fingerprint density at radius 2 is 1.66 bits per heavy atom. The van der Waals surface area contributed by atoms with Crippen LogP contribution in [0.2, 0.25) is 10.0 Å². The molecule has 5 nitrogen and oxygen atoms in total. The molecule has 0 fully saturated rings. The zero-order valence-corrected chi connectivity index (χ0v) is 21.4. The molecule has 0 atom stereocenters. The van der Waals surface area contributed by atoms with Crippen molar-refractivity contribution in [2.75, 3.05) is 5.32 Å².